The van der Waals surface area contributed by atoms with Crippen molar-refractivity contribution in [2.75, 3.05) is 5.32 Å². The van der Waals surface area contributed by atoms with Gasteiger partial charge in [-0.25, -0.2) is 4.98 Å². The second kappa shape index (κ2) is 5.26. The number of nitrogens with one attached hydrogen (secondary N) is 2. The molecule has 10 heteroatoms. The van der Waals surface area contributed by atoms with E-state index in [4.69, 9.17) is 0 Å². The summed E-state index contributed by atoms with van der Waals surface area (Å²) in [7, 11) is 0. The lowest BCUT2D eigenvalue weighted by Crippen LogP contribution is -2.11. The van der Waals surface area contributed by atoms with Crippen molar-refractivity contribution in [2.45, 2.75) is 19.9 Å². The molecule has 0 aliphatic carbocycles. The van der Waals surface area contributed by atoms with E-state index < -0.39 is 4.92 Å². The number of aromatic amines is 1. The molecule has 0 amide bonds. The van der Waals surface area contributed by atoms with Crippen LogP contribution in [0, 0.1) is 17.0 Å². The molecular formula is C9H10BrN7O2. The Bertz CT molecular complexity index is 601. The van der Waals surface area contributed by atoms with Gasteiger partial charge in [0.1, 0.15) is 12.0 Å². The number of tetrazole rings is 1. The van der Waals surface area contributed by atoms with Crippen LogP contribution in [0.25, 0.3) is 0 Å². The van der Waals surface area contributed by atoms with E-state index in [9.17, 15) is 10.1 Å². The van der Waals surface area contributed by atoms with Gasteiger partial charge in [-0.05, 0) is 29.8 Å². The quantitative estimate of drug-likeness (QED) is 0.647. The first-order chi connectivity index (χ1) is 9.00. The van der Waals surface area contributed by atoms with Crippen LogP contribution in [0.2, 0.25) is 0 Å². The third kappa shape index (κ3) is 2.67. The highest BCUT2D eigenvalue weighted by atomic mass is 79.9. The highest BCUT2D eigenvalue weighted by molar-refractivity contribution is 9.10. The number of anilines is 1. The van der Waals surface area contributed by atoms with Crippen molar-refractivity contribution in [3.63, 3.8) is 0 Å². The Morgan fingerprint density at radius 2 is 2.32 bits per heavy atom. The van der Waals surface area contributed by atoms with Crippen molar-refractivity contribution in [1.82, 2.24) is 25.6 Å². The van der Waals surface area contributed by atoms with E-state index in [0.29, 0.717) is 21.7 Å². The van der Waals surface area contributed by atoms with Crippen LogP contribution in [-0.2, 0) is 0 Å². The SMILES string of the molecule is Cc1c([N+](=O)[O-])cnc(NC(C)c2nn[nH]n2)c1Br. The number of aromatic nitrogens is 5. The number of nitrogens with zero attached hydrogens (tertiary/aromatic N) is 5. The molecule has 1 unspecified atom stereocenters. The van der Waals surface area contributed by atoms with Crippen molar-refractivity contribution in [3.05, 3.63) is 32.2 Å². The fourth-order valence-electron chi connectivity index (χ4n) is 1.48. The first-order valence-corrected chi connectivity index (χ1v) is 6.09. The first-order valence-electron chi connectivity index (χ1n) is 5.30. The van der Waals surface area contributed by atoms with Crippen molar-refractivity contribution in [2.24, 2.45) is 0 Å². The maximum absolute atomic E-state index is 10.8. The highest BCUT2D eigenvalue weighted by Crippen LogP contribution is 2.31. The van der Waals surface area contributed by atoms with E-state index in [-0.39, 0.29) is 11.7 Å². The lowest BCUT2D eigenvalue weighted by atomic mass is 10.2. The second-order valence-corrected chi connectivity index (χ2v) is 4.62. The van der Waals surface area contributed by atoms with Crippen LogP contribution in [-0.4, -0.2) is 30.5 Å². The van der Waals surface area contributed by atoms with Gasteiger partial charge in [0.05, 0.1) is 15.4 Å². The average Bonchev–Trinajstić information content (AvgIpc) is 2.88. The van der Waals surface area contributed by atoms with E-state index in [2.05, 4.69) is 46.9 Å². The van der Waals surface area contributed by atoms with E-state index in [1.165, 1.54) is 6.20 Å². The van der Waals surface area contributed by atoms with Gasteiger partial charge in [0.25, 0.3) is 5.69 Å². The molecule has 0 saturated carbocycles. The van der Waals surface area contributed by atoms with Gasteiger partial charge >= 0.3 is 0 Å². The summed E-state index contributed by atoms with van der Waals surface area (Å²) in [6, 6.07) is -0.233. The van der Waals surface area contributed by atoms with Crippen LogP contribution < -0.4 is 5.32 Å². The largest absolute Gasteiger partial charge is 0.359 e. The van der Waals surface area contributed by atoms with Gasteiger partial charge in [0.2, 0.25) is 0 Å². The molecule has 9 nitrogen and oxygen atoms in total. The Labute approximate surface area is 116 Å². The molecule has 0 radical (unpaired) electrons. The fourth-order valence-corrected chi connectivity index (χ4v) is 1.90. The summed E-state index contributed by atoms with van der Waals surface area (Å²) in [6.45, 7) is 3.48. The van der Waals surface area contributed by atoms with Gasteiger partial charge < -0.3 is 5.32 Å². The van der Waals surface area contributed by atoms with E-state index >= 15 is 0 Å². The predicted octanol–water partition coefficient (Wildman–Crippen LogP) is 1.75. The first kappa shape index (κ1) is 13.3. The standard InChI is InChI=1S/C9H10BrN7O2/c1-4-6(17(18)19)3-11-9(7(4)10)12-5(2)8-13-15-16-14-8/h3,5H,1-2H3,(H,11,12)(H,13,14,15,16). The maximum atomic E-state index is 10.8. The second-order valence-electron chi connectivity index (χ2n) is 3.82. The zero-order valence-corrected chi connectivity index (χ0v) is 11.7. The molecular weight excluding hydrogens is 318 g/mol. The Balaban J connectivity index is 2.27. The normalized spacial score (nSPS) is 12.2. The van der Waals surface area contributed by atoms with Crippen molar-refractivity contribution in [3.8, 4) is 0 Å². The lowest BCUT2D eigenvalue weighted by molar-refractivity contribution is -0.385. The molecule has 1 atom stereocenters. The van der Waals surface area contributed by atoms with E-state index in [0.717, 1.165) is 0 Å². The Morgan fingerprint density at radius 1 is 1.58 bits per heavy atom. The molecule has 0 aliphatic heterocycles. The molecule has 2 aromatic heterocycles. The molecule has 19 heavy (non-hydrogen) atoms. The van der Waals surface area contributed by atoms with Crippen LogP contribution in [0.1, 0.15) is 24.4 Å². The topological polar surface area (TPSA) is 123 Å². The molecule has 0 spiro atoms. The fraction of sp³-hybridized carbons (Fsp3) is 0.333. The third-order valence-electron chi connectivity index (χ3n) is 2.54. The molecule has 0 aromatic carbocycles. The van der Waals surface area contributed by atoms with Gasteiger partial charge in [-0.2, -0.15) is 5.21 Å². The number of pyridine rings is 1. The Kier molecular flexibility index (Phi) is 3.69. The molecule has 2 rings (SSSR count). The van der Waals surface area contributed by atoms with Crippen LogP contribution in [0.3, 0.4) is 0 Å². The van der Waals surface area contributed by atoms with Gasteiger partial charge in [0.15, 0.2) is 5.82 Å². The number of H-pyrrole nitrogens is 1. The minimum atomic E-state index is -0.473. The number of nitro groups is 1. The smallest absolute Gasteiger partial charge is 0.291 e. The molecule has 0 saturated heterocycles. The molecule has 0 fully saturated rings. The number of halogens is 1. The number of rotatable bonds is 4. The molecule has 2 aromatic rings. The third-order valence-corrected chi connectivity index (χ3v) is 3.51. The monoisotopic (exact) mass is 327 g/mol. The lowest BCUT2D eigenvalue weighted by Gasteiger charge is -2.13. The zero-order chi connectivity index (χ0) is 14.0. The summed E-state index contributed by atoms with van der Waals surface area (Å²) in [5, 5.41) is 27.4. The van der Waals surface area contributed by atoms with Crippen LogP contribution in [0.15, 0.2) is 10.7 Å². The summed E-state index contributed by atoms with van der Waals surface area (Å²) in [4.78, 5) is 14.3. The van der Waals surface area contributed by atoms with E-state index in [1.54, 1.807) is 6.92 Å². The van der Waals surface area contributed by atoms with Gasteiger partial charge in [-0.1, -0.05) is 5.21 Å². The minimum absolute atomic E-state index is 0.0374. The number of hydrogen-bond acceptors (Lipinski definition) is 7. The maximum Gasteiger partial charge on any atom is 0.291 e. The summed E-state index contributed by atoms with van der Waals surface area (Å²) in [6.07, 6.45) is 1.21. The van der Waals surface area contributed by atoms with Crippen molar-refractivity contribution >= 4 is 27.4 Å². The summed E-state index contributed by atoms with van der Waals surface area (Å²) in [5.74, 6) is 0.963. The van der Waals surface area contributed by atoms with Crippen LogP contribution in [0.5, 0.6) is 0 Å². The van der Waals surface area contributed by atoms with Gasteiger partial charge in [-0.15, -0.1) is 10.2 Å². The van der Waals surface area contributed by atoms with Crippen molar-refractivity contribution in [1.29, 1.82) is 0 Å². The van der Waals surface area contributed by atoms with E-state index in [1.807, 2.05) is 6.92 Å². The Morgan fingerprint density at radius 3 is 2.89 bits per heavy atom. The molecule has 0 aliphatic rings. The molecule has 0 bridgehead atoms. The highest BCUT2D eigenvalue weighted by Gasteiger charge is 2.19. The average molecular weight is 328 g/mol. The van der Waals surface area contributed by atoms with Gasteiger partial charge in [-0.3, -0.25) is 10.1 Å². The van der Waals surface area contributed by atoms with Crippen molar-refractivity contribution < 1.29 is 4.92 Å². The zero-order valence-electron chi connectivity index (χ0n) is 10.1. The summed E-state index contributed by atoms with van der Waals surface area (Å²) in [5.41, 5.74) is 0.465. The Hall–Kier alpha value is -2.10. The molecule has 100 valence electrons. The number of hydrogen-bond donors (Lipinski definition) is 2. The molecule has 2 heterocycles. The van der Waals surface area contributed by atoms with Crippen LogP contribution in [0.4, 0.5) is 11.5 Å². The summed E-state index contributed by atoms with van der Waals surface area (Å²) < 4.78 is 0.539. The minimum Gasteiger partial charge on any atom is -0.359 e. The molecule has 2 N–H and O–H groups in total. The van der Waals surface area contributed by atoms with Gasteiger partial charge in [0, 0.05) is 5.56 Å². The summed E-state index contributed by atoms with van der Waals surface area (Å²) >= 11 is 3.30. The van der Waals surface area contributed by atoms with Crippen LogP contribution >= 0.6 is 15.9 Å². The predicted molar refractivity (Wildman–Crippen MR) is 69.5 cm³/mol.